The normalized spacial score (nSPS) is 11.9. The molecule has 94 valence electrons. The predicted octanol–water partition coefficient (Wildman–Crippen LogP) is 2.15. The second-order valence-electron chi connectivity index (χ2n) is 3.87. The SMILES string of the molecule is COc1cccc(C(N)c2ccncc2OC)c1. The number of hydrogen-bond donors (Lipinski definition) is 1. The number of benzene rings is 1. The molecule has 0 saturated heterocycles. The fourth-order valence-electron chi connectivity index (χ4n) is 1.83. The number of methoxy groups -OCH3 is 2. The third-order valence-corrected chi connectivity index (χ3v) is 2.82. The molecule has 1 aromatic heterocycles. The number of hydrogen-bond acceptors (Lipinski definition) is 4. The fourth-order valence-corrected chi connectivity index (χ4v) is 1.83. The molecule has 1 heterocycles. The van der Waals surface area contributed by atoms with Crippen molar-refractivity contribution < 1.29 is 9.47 Å². The third kappa shape index (κ3) is 2.43. The Balaban J connectivity index is 2.37. The summed E-state index contributed by atoms with van der Waals surface area (Å²) >= 11 is 0. The monoisotopic (exact) mass is 244 g/mol. The van der Waals surface area contributed by atoms with Crippen molar-refractivity contribution in [3.05, 3.63) is 53.9 Å². The van der Waals surface area contributed by atoms with Crippen LogP contribution in [0, 0.1) is 0 Å². The highest BCUT2D eigenvalue weighted by atomic mass is 16.5. The molecule has 2 rings (SSSR count). The lowest BCUT2D eigenvalue weighted by Gasteiger charge is -2.16. The molecule has 1 atom stereocenters. The average Bonchev–Trinajstić information content (AvgIpc) is 2.46. The summed E-state index contributed by atoms with van der Waals surface area (Å²) in [4.78, 5) is 4.02. The van der Waals surface area contributed by atoms with Gasteiger partial charge in [0.15, 0.2) is 0 Å². The van der Waals surface area contributed by atoms with E-state index < -0.39 is 0 Å². The molecule has 2 aromatic rings. The van der Waals surface area contributed by atoms with Crippen LogP contribution in [0.5, 0.6) is 11.5 Å². The van der Waals surface area contributed by atoms with Crippen molar-refractivity contribution in [2.45, 2.75) is 6.04 Å². The summed E-state index contributed by atoms with van der Waals surface area (Å²) in [6.07, 6.45) is 3.37. The first-order valence-electron chi connectivity index (χ1n) is 5.63. The van der Waals surface area contributed by atoms with Crippen molar-refractivity contribution in [2.75, 3.05) is 14.2 Å². The van der Waals surface area contributed by atoms with Gasteiger partial charge in [0, 0.05) is 11.8 Å². The number of nitrogens with zero attached hydrogens (tertiary/aromatic N) is 1. The van der Waals surface area contributed by atoms with Gasteiger partial charge in [-0.05, 0) is 23.8 Å². The molecule has 0 saturated carbocycles. The molecule has 0 bridgehead atoms. The van der Waals surface area contributed by atoms with Crippen LogP contribution >= 0.6 is 0 Å². The molecule has 18 heavy (non-hydrogen) atoms. The van der Waals surface area contributed by atoms with Crippen LogP contribution in [0.3, 0.4) is 0 Å². The van der Waals surface area contributed by atoms with E-state index in [4.69, 9.17) is 15.2 Å². The van der Waals surface area contributed by atoms with E-state index >= 15 is 0 Å². The number of nitrogens with two attached hydrogens (primary N) is 1. The van der Waals surface area contributed by atoms with E-state index in [0.717, 1.165) is 16.9 Å². The molecule has 2 N–H and O–H groups in total. The van der Waals surface area contributed by atoms with E-state index in [9.17, 15) is 0 Å². The molecule has 4 heteroatoms. The third-order valence-electron chi connectivity index (χ3n) is 2.82. The molecule has 0 aliphatic rings. The van der Waals surface area contributed by atoms with Gasteiger partial charge in [0.1, 0.15) is 11.5 Å². The Morgan fingerprint density at radius 2 is 2.00 bits per heavy atom. The summed E-state index contributed by atoms with van der Waals surface area (Å²) in [5.74, 6) is 1.48. The Hall–Kier alpha value is -2.07. The summed E-state index contributed by atoms with van der Waals surface area (Å²) in [5, 5.41) is 0. The number of pyridine rings is 1. The smallest absolute Gasteiger partial charge is 0.142 e. The lowest BCUT2D eigenvalue weighted by molar-refractivity contribution is 0.405. The summed E-state index contributed by atoms with van der Waals surface area (Å²) in [7, 11) is 3.25. The maximum Gasteiger partial charge on any atom is 0.142 e. The lowest BCUT2D eigenvalue weighted by atomic mass is 10.00. The van der Waals surface area contributed by atoms with E-state index in [2.05, 4.69) is 4.98 Å². The Labute approximate surface area is 106 Å². The fraction of sp³-hybridized carbons (Fsp3) is 0.214. The Morgan fingerprint density at radius 3 is 2.72 bits per heavy atom. The molecular formula is C14H16N2O2. The van der Waals surface area contributed by atoms with Crippen molar-refractivity contribution in [3.63, 3.8) is 0 Å². The van der Waals surface area contributed by atoms with Crippen LogP contribution in [0.4, 0.5) is 0 Å². The van der Waals surface area contributed by atoms with Crippen molar-refractivity contribution in [1.29, 1.82) is 0 Å². The molecule has 0 aliphatic heterocycles. The highest BCUT2D eigenvalue weighted by Gasteiger charge is 2.14. The van der Waals surface area contributed by atoms with Crippen LogP contribution in [0.15, 0.2) is 42.7 Å². The van der Waals surface area contributed by atoms with Gasteiger partial charge in [-0.2, -0.15) is 0 Å². The van der Waals surface area contributed by atoms with Gasteiger partial charge in [0.05, 0.1) is 26.5 Å². The zero-order valence-corrected chi connectivity index (χ0v) is 10.5. The molecule has 0 aliphatic carbocycles. The second-order valence-corrected chi connectivity index (χ2v) is 3.87. The Morgan fingerprint density at radius 1 is 1.17 bits per heavy atom. The van der Waals surface area contributed by atoms with Gasteiger partial charge in [0.25, 0.3) is 0 Å². The number of aromatic nitrogens is 1. The van der Waals surface area contributed by atoms with Crippen molar-refractivity contribution in [3.8, 4) is 11.5 Å². The standard InChI is InChI=1S/C14H16N2O2/c1-17-11-5-3-4-10(8-11)14(15)12-6-7-16-9-13(12)18-2/h3-9,14H,15H2,1-2H3. The average molecular weight is 244 g/mol. The van der Waals surface area contributed by atoms with Crippen LogP contribution < -0.4 is 15.2 Å². The molecule has 0 spiro atoms. The quantitative estimate of drug-likeness (QED) is 0.895. The van der Waals surface area contributed by atoms with Crippen LogP contribution in [0.1, 0.15) is 17.2 Å². The molecule has 1 aromatic carbocycles. The first kappa shape index (κ1) is 12.4. The van der Waals surface area contributed by atoms with E-state index in [-0.39, 0.29) is 6.04 Å². The van der Waals surface area contributed by atoms with Crippen molar-refractivity contribution in [2.24, 2.45) is 5.73 Å². The molecule has 4 nitrogen and oxygen atoms in total. The van der Waals surface area contributed by atoms with Gasteiger partial charge >= 0.3 is 0 Å². The van der Waals surface area contributed by atoms with E-state index in [1.807, 2.05) is 30.3 Å². The number of rotatable bonds is 4. The van der Waals surface area contributed by atoms with E-state index in [1.165, 1.54) is 0 Å². The molecule has 0 fully saturated rings. The minimum Gasteiger partial charge on any atom is -0.497 e. The second kappa shape index (κ2) is 5.51. The molecule has 0 amide bonds. The minimum absolute atomic E-state index is 0.266. The lowest BCUT2D eigenvalue weighted by Crippen LogP contribution is -2.13. The minimum atomic E-state index is -0.266. The highest BCUT2D eigenvalue weighted by Crippen LogP contribution is 2.28. The summed E-state index contributed by atoms with van der Waals surface area (Å²) in [6.45, 7) is 0. The zero-order valence-electron chi connectivity index (χ0n) is 10.5. The van der Waals surface area contributed by atoms with Gasteiger partial charge in [-0.25, -0.2) is 0 Å². The molecular weight excluding hydrogens is 228 g/mol. The van der Waals surface area contributed by atoms with Crippen LogP contribution in [0.25, 0.3) is 0 Å². The predicted molar refractivity (Wildman–Crippen MR) is 69.8 cm³/mol. The van der Waals surface area contributed by atoms with Gasteiger partial charge in [-0.1, -0.05) is 12.1 Å². The Bertz CT molecular complexity index is 529. The summed E-state index contributed by atoms with van der Waals surface area (Å²) in [6, 6.07) is 9.29. The maximum absolute atomic E-state index is 6.25. The first-order chi connectivity index (χ1) is 8.76. The van der Waals surface area contributed by atoms with Gasteiger partial charge in [-0.3, -0.25) is 4.98 Å². The van der Waals surface area contributed by atoms with Crippen LogP contribution in [-0.4, -0.2) is 19.2 Å². The van der Waals surface area contributed by atoms with Gasteiger partial charge < -0.3 is 15.2 Å². The van der Waals surface area contributed by atoms with Crippen molar-refractivity contribution in [1.82, 2.24) is 4.98 Å². The maximum atomic E-state index is 6.25. The number of ether oxygens (including phenoxy) is 2. The van der Waals surface area contributed by atoms with Crippen LogP contribution in [0.2, 0.25) is 0 Å². The largest absolute Gasteiger partial charge is 0.497 e. The van der Waals surface area contributed by atoms with Crippen LogP contribution in [-0.2, 0) is 0 Å². The van der Waals surface area contributed by atoms with Gasteiger partial charge in [-0.15, -0.1) is 0 Å². The highest BCUT2D eigenvalue weighted by molar-refractivity contribution is 5.41. The molecule has 0 radical (unpaired) electrons. The molecule has 1 unspecified atom stereocenters. The zero-order chi connectivity index (χ0) is 13.0. The topological polar surface area (TPSA) is 57.4 Å². The summed E-state index contributed by atoms with van der Waals surface area (Å²) < 4.78 is 10.5. The first-order valence-corrected chi connectivity index (χ1v) is 5.63. The van der Waals surface area contributed by atoms with Gasteiger partial charge in [0.2, 0.25) is 0 Å². The van der Waals surface area contributed by atoms with E-state index in [0.29, 0.717) is 5.75 Å². The summed E-state index contributed by atoms with van der Waals surface area (Å²) in [5.41, 5.74) is 8.13. The Kier molecular flexibility index (Phi) is 3.79. The van der Waals surface area contributed by atoms with Crippen molar-refractivity contribution >= 4 is 0 Å². The van der Waals surface area contributed by atoms with E-state index in [1.54, 1.807) is 26.6 Å².